The predicted octanol–water partition coefficient (Wildman–Crippen LogP) is 1.97. The Morgan fingerprint density at radius 1 is 1.30 bits per heavy atom. The third kappa shape index (κ3) is 2.13. The summed E-state index contributed by atoms with van der Waals surface area (Å²) in [4.78, 5) is 13.4. The number of hydrogen-bond acceptors (Lipinski definition) is 4. The molecule has 0 aromatic heterocycles. The van der Waals surface area contributed by atoms with Crippen LogP contribution in [0.2, 0.25) is 0 Å². The molecule has 1 heterocycles. The molecule has 0 saturated heterocycles. The van der Waals surface area contributed by atoms with Crippen molar-refractivity contribution in [2.75, 3.05) is 12.8 Å². The number of carbonyl (C=O) groups excluding carboxylic acids is 1. The molecule has 1 atom stereocenters. The Morgan fingerprint density at radius 2 is 2.00 bits per heavy atom. The molecule has 20 heavy (non-hydrogen) atoms. The van der Waals surface area contributed by atoms with Crippen molar-refractivity contribution in [2.24, 2.45) is 0 Å². The lowest BCUT2D eigenvalue weighted by atomic mass is 9.80. The van der Waals surface area contributed by atoms with E-state index in [1.54, 1.807) is 0 Å². The van der Waals surface area contributed by atoms with Crippen molar-refractivity contribution in [2.45, 2.75) is 50.3 Å². The summed E-state index contributed by atoms with van der Waals surface area (Å²) in [6, 6.07) is 3.85. The van der Waals surface area contributed by atoms with Gasteiger partial charge in [-0.05, 0) is 55.8 Å². The molecule has 0 bridgehead atoms. The molecular weight excluding hydrogens is 252 g/mol. The van der Waals surface area contributed by atoms with Gasteiger partial charge in [-0.3, -0.25) is 4.90 Å². The third-order valence-corrected chi connectivity index (χ3v) is 4.87. The first-order valence-corrected chi connectivity index (χ1v) is 7.36. The summed E-state index contributed by atoms with van der Waals surface area (Å²) in [6.07, 6.45) is 4.63. The zero-order valence-corrected chi connectivity index (χ0v) is 11.9. The lowest BCUT2D eigenvalue weighted by molar-refractivity contribution is -0.111. The van der Waals surface area contributed by atoms with E-state index < -0.39 is 0 Å². The molecule has 4 nitrogen and oxygen atoms in total. The summed E-state index contributed by atoms with van der Waals surface area (Å²) in [5, 5.41) is 9.66. The molecule has 1 aromatic rings. The van der Waals surface area contributed by atoms with E-state index in [9.17, 15) is 9.90 Å². The Morgan fingerprint density at radius 3 is 2.65 bits per heavy atom. The van der Waals surface area contributed by atoms with Crippen LogP contribution in [-0.4, -0.2) is 29.4 Å². The largest absolute Gasteiger partial charge is 0.398 e. The van der Waals surface area contributed by atoms with Gasteiger partial charge in [0.15, 0.2) is 0 Å². The average Bonchev–Trinajstić information content (AvgIpc) is 2.78. The van der Waals surface area contributed by atoms with Crippen LogP contribution in [0, 0.1) is 0 Å². The standard InChI is InChI=1S/C16H22N2O2/c1-18-8-13-12(10-2-4-11(20)5-3-10)6-7-14(17)16(13)15(18)9-19/h6-7,9-11,15,20H,2-5,8,17H2,1H3. The molecule has 1 aliphatic heterocycles. The number of nitrogen functional groups attached to an aromatic ring is 1. The number of aliphatic hydroxyl groups is 1. The van der Waals surface area contributed by atoms with Gasteiger partial charge in [-0.2, -0.15) is 0 Å². The lowest BCUT2D eigenvalue weighted by Crippen LogP contribution is -2.18. The van der Waals surface area contributed by atoms with Crippen molar-refractivity contribution in [3.8, 4) is 0 Å². The van der Waals surface area contributed by atoms with Crippen LogP contribution < -0.4 is 5.73 Å². The van der Waals surface area contributed by atoms with Gasteiger partial charge in [0.05, 0.1) is 12.1 Å². The Bertz CT molecular complexity index is 521. The Hall–Kier alpha value is -1.39. The van der Waals surface area contributed by atoms with E-state index in [0.29, 0.717) is 5.92 Å². The molecule has 4 heteroatoms. The highest BCUT2D eigenvalue weighted by Crippen LogP contribution is 2.43. The minimum atomic E-state index is -0.209. The molecule has 3 N–H and O–H groups in total. The number of aliphatic hydroxyl groups excluding tert-OH is 1. The maximum absolute atomic E-state index is 11.3. The van der Waals surface area contributed by atoms with Gasteiger partial charge in [0.25, 0.3) is 0 Å². The number of aldehydes is 1. The van der Waals surface area contributed by atoms with E-state index in [-0.39, 0.29) is 12.1 Å². The normalized spacial score (nSPS) is 30.2. The van der Waals surface area contributed by atoms with Gasteiger partial charge in [0.2, 0.25) is 0 Å². The second kappa shape index (κ2) is 5.19. The van der Waals surface area contributed by atoms with E-state index in [2.05, 4.69) is 11.0 Å². The molecule has 3 rings (SSSR count). The van der Waals surface area contributed by atoms with Crippen molar-refractivity contribution >= 4 is 12.0 Å². The van der Waals surface area contributed by atoms with Crippen LogP contribution in [0.15, 0.2) is 12.1 Å². The highest BCUT2D eigenvalue weighted by atomic mass is 16.3. The van der Waals surface area contributed by atoms with Gasteiger partial charge in [-0.1, -0.05) is 6.07 Å². The molecule has 1 unspecified atom stereocenters. The molecular formula is C16H22N2O2. The van der Waals surface area contributed by atoms with Crippen LogP contribution >= 0.6 is 0 Å². The lowest BCUT2D eigenvalue weighted by Gasteiger charge is -2.27. The molecule has 2 aliphatic rings. The van der Waals surface area contributed by atoms with E-state index in [0.717, 1.165) is 49.8 Å². The average molecular weight is 274 g/mol. The SMILES string of the molecule is CN1Cc2c(C3CCC(O)CC3)ccc(N)c2C1C=O. The van der Waals surface area contributed by atoms with Gasteiger partial charge in [0, 0.05) is 17.8 Å². The first kappa shape index (κ1) is 13.6. The second-order valence-corrected chi connectivity index (χ2v) is 6.14. The number of likely N-dealkylation sites (N-methyl/N-ethyl adjacent to an activating group) is 1. The first-order chi connectivity index (χ1) is 9.61. The number of carbonyl (C=O) groups is 1. The monoisotopic (exact) mass is 274 g/mol. The smallest absolute Gasteiger partial charge is 0.141 e. The third-order valence-electron chi connectivity index (χ3n) is 4.87. The number of nitrogens with zero attached hydrogens (tertiary/aromatic N) is 1. The maximum atomic E-state index is 11.3. The minimum absolute atomic E-state index is 0.140. The van der Waals surface area contributed by atoms with Crippen LogP contribution in [0.1, 0.15) is 54.3 Å². The molecule has 1 fully saturated rings. The maximum Gasteiger partial charge on any atom is 0.141 e. The zero-order valence-electron chi connectivity index (χ0n) is 11.9. The van der Waals surface area contributed by atoms with Gasteiger partial charge >= 0.3 is 0 Å². The quantitative estimate of drug-likeness (QED) is 0.639. The van der Waals surface area contributed by atoms with Crippen LogP contribution in [0.4, 0.5) is 5.69 Å². The molecule has 0 radical (unpaired) electrons. The number of fused-ring (bicyclic) bond motifs is 1. The Labute approximate surface area is 119 Å². The van der Waals surface area contributed by atoms with E-state index in [4.69, 9.17) is 5.73 Å². The molecule has 108 valence electrons. The highest BCUT2D eigenvalue weighted by molar-refractivity contribution is 5.71. The van der Waals surface area contributed by atoms with Crippen molar-refractivity contribution in [3.05, 3.63) is 28.8 Å². The van der Waals surface area contributed by atoms with Gasteiger partial charge in [-0.15, -0.1) is 0 Å². The topological polar surface area (TPSA) is 66.6 Å². The molecule has 1 aliphatic carbocycles. The van der Waals surface area contributed by atoms with Crippen molar-refractivity contribution in [1.29, 1.82) is 0 Å². The number of hydrogen-bond donors (Lipinski definition) is 2. The van der Waals surface area contributed by atoms with Crippen molar-refractivity contribution in [1.82, 2.24) is 4.90 Å². The number of rotatable bonds is 2. The van der Waals surface area contributed by atoms with E-state index in [1.165, 1.54) is 11.1 Å². The van der Waals surface area contributed by atoms with E-state index >= 15 is 0 Å². The molecule has 0 amide bonds. The van der Waals surface area contributed by atoms with E-state index in [1.807, 2.05) is 13.1 Å². The summed E-state index contributed by atoms with van der Waals surface area (Å²) < 4.78 is 0. The van der Waals surface area contributed by atoms with Crippen molar-refractivity contribution < 1.29 is 9.90 Å². The molecule has 1 saturated carbocycles. The minimum Gasteiger partial charge on any atom is -0.398 e. The van der Waals surface area contributed by atoms with Crippen LogP contribution in [0.3, 0.4) is 0 Å². The highest BCUT2D eigenvalue weighted by Gasteiger charge is 2.33. The fourth-order valence-corrected chi connectivity index (χ4v) is 3.73. The number of anilines is 1. The van der Waals surface area contributed by atoms with Gasteiger partial charge in [0.1, 0.15) is 6.29 Å². The summed E-state index contributed by atoms with van der Waals surface area (Å²) in [5.74, 6) is 0.492. The first-order valence-electron chi connectivity index (χ1n) is 7.36. The van der Waals surface area contributed by atoms with Crippen molar-refractivity contribution in [3.63, 3.8) is 0 Å². The Kier molecular flexibility index (Phi) is 3.52. The summed E-state index contributed by atoms with van der Waals surface area (Å²) in [5.41, 5.74) is 10.4. The molecule has 0 spiro atoms. The van der Waals surface area contributed by atoms with Gasteiger partial charge in [-0.25, -0.2) is 0 Å². The van der Waals surface area contributed by atoms with Crippen LogP contribution in [0.25, 0.3) is 0 Å². The number of nitrogens with two attached hydrogens (primary N) is 1. The zero-order chi connectivity index (χ0) is 14.3. The number of benzene rings is 1. The van der Waals surface area contributed by atoms with Gasteiger partial charge < -0.3 is 15.6 Å². The summed E-state index contributed by atoms with van der Waals surface area (Å²) in [7, 11) is 1.97. The fraction of sp³-hybridized carbons (Fsp3) is 0.562. The molecule has 1 aromatic carbocycles. The fourth-order valence-electron chi connectivity index (χ4n) is 3.73. The van der Waals surface area contributed by atoms with Crippen LogP contribution in [0.5, 0.6) is 0 Å². The van der Waals surface area contributed by atoms with Crippen LogP contribution in [-0.2, 0) is 11.3 Å². The summed E-state index contributed by atoms with van der Waals surface area (Å²) >= 11 is 0. The second-order valence-electron chi connectivity index (χ2n) is 6.14. The summed E-state index contributed by atoms with van der Waals surface area (Å²) in [6.45, 7) is 0.790. The Balaban J connectivity index is 1.98. The predicted molar refractivity (Wildman–Crippen MR) is 78.3 cm³/mol.